The zero-order valence-electron chi connectivity index (χ0n) is 8.26. The minimum atomic E-state index is -4.10. The van der Waals surface area contributed by atoms with E-state index < -0.39 is 28.1 Å². The first kappa shape index (κ1) is 12.8. The van der Waals surface area contributed by atoms with Crippen LogP contribution in [0.15, 0.2) is 21.6 Å². The SMILES string of the molecule is CN(CC(F)F)S(=O)(=O)c1ccc(C=O)o1. The highest BCUT2D eigenvalue weighted by atomic mass is 32.2. The molecule has 1 rings (SSSR count). The van der Waals surface area contributed by atoms with Gasteiger partial charge >= 0.3 is 0 Å². The summed E-state index contributed by atoms with van der Waals surface area (Å²) in [6.45, 7) is -0.931. The first-order chi connectivity index (χ1) is 7.37. The summed E-state index contributed by atoms with van der Waals surface area (Å²) in [5.41, 5.74) is 0. The lowest BCUT2D eigenvalue weighted by atomic mass is 10.5. The van der Waals surface area contributed by atoms with Crippen LogP contribution in [0.1, 0.15) is 10.6 Å². The van der Waals surface area contributed by atoms with Crippen molar-refractivity contribution >= 4 is 16.3 Å². The summed E-state index contributed by atoms with van der Waals surface area (Å²) in [5, 5.41) is -0.530. The van der Waals surface area contributed by atoms with Crippen LogP contribution in [-0.2, 0) is 10.0 Å². The van der Waals surface area contributed by atoms with Crippen LogP contribution in [-0.4, -0.2) is 39.0 Å². The van der Waals surface area contributed by atoms with Gasteiger partial charge in [0, 0.05) is 7.05 Å². The Bertz CT molecular complexity index is 468. The van der Waals surface area contributed by atoms with Crippen LogP contribution in [0.2, 0.25) is 0 Å². The molecule has 0 bridgehead atoms. The number of hydrogen-bond acceptors (Lipinski definition) is 4. The van der Waals surface area contributed by atoms with Gasteiger partial charge in [-0.2, -0.15) is 4.31 Å². The lowest BCUT2D eigenvalue weighted by Gasteiger charge is -2.14. The molecule has 8 heteroatoms. The van der Waals surface area contributed by atoms with Gasteiger partial charge in [0.1, 0.15) is 0 Å². The molecule has 0 aromatic carbocycles. The molecule has 0 unspecified atom stereocenters. The molecule has 5 nitrogen and oxygen atoms in total. The molecule has 0 aliphatic carbocycles. The number of carbonyl (C=O) groups is 1. The normalized spacial score (nSPS) is 12.3. The molecule has 1 aromatic heterocycles. The van der Waals surface area contributed by atoms with Crippen LogP contribution >= 0.6 is 0 Å². The summed E-state index contributed by atoms with van der Waals surface area (Å²) in [5.74, 6) is -0.177. The fraction of sp³-hybridized carbons (Fsp3) is 0.375. The topological polar surface area (TPSA) is 67.6 Å². The third-order valence-corrected chi connectivity index (χ3v) is 3.48. The first-order valence-corrected chi connectivity index (χ1v) is 5.61. The van der Waals surface area contributed by atoms with Gasteiger partial charge in [0.2, 0.25) is 5.09 Å². The maximum absolute atomic E-state index is 12.0. The van der Waals surface area contributed by atoms with Crippen molar-refractivity contribution in [2.75, 3.05) is 13.6 Å². The molecule has 0 saturated heterocycles. The molecule has 0 fully saturated rings. The third kappa shape index (κ3) is 2.64. The molecule has 0 atom stereocenters. The second-order valence-corrected chi connectivity index (χ2v) is 4.93. The van der Waals surface area contributed by atoms with Gasteiger partial charge in [0.15, 0.2) is 12.0 Å². The van der Waals surface area contributed by atoms with Crippen molar-refractivity contribution in [2.45, 2.75) is 11.5 Å². The summed E-state index contributed by atoms with van der Waals surface area (Å²) < 4.78 is 52.3. The summed E-state index contributed by atoms with van der Waals surface area (Å²) in [7, 11) is -3.09. The average Bonchev–Trinajstić information content (AvgIpc) is 2.65. The number of carbonyl (C=O) groups excluding carboxylic acids is 1. The Labute approximate surface area is 90.7 Å². The zero-order valence-corrected chi connectivity index (χ0v) is 9.08. The van der Waals surface area contributed by atoms with E-state index in [-0.39, 0.29) is 5.76 Å². The predicted molar refractivity (Wildman–Crippen MR) is 49.9 cm³/mol. The molecule has 0 amide bonds. The second-order valence-electron chi connectivity index (χ2n) is 2.95. The van der Waals surface area contributed by atoms with Crippen molar-refractivity contribution in [1.82, 2.24) is 4.31 Å². The number of rotatable bonds is 5. The van der Waals surface area contributed by atoms with Gasteiger partial charge in [-0.15, -0.1) is 0 Å². The highest BCUT2D eigenvalue weighted by Gasteiger charge is 2.26. The summed E-state index contributed by atoms with van der Waals surface area (Å²) in [4.78, 5) is 10.3. The Hall–Kier alpha value is -1.28. The number of nitrogens with zero attached hydrogens (tertiary/aromatic N) is 1. The number of halogens is 2. The Morgan fingerprint density at radius 1 is 1.50 bits per heavy atom. The van der Waals surface area contributed by atoms with Crippen LogP contribution in [0, 0.1) is 0 Å². The molecule has 0 spiro atoms. The van der Waals surface area contributed by atoms with E-state index in [0.717, 1.165) is 19.2 Å². The molecule has 0 aliphatic heterocycles. The molecule has 0 N–H and O–H groups in total. The van der Waals surface area contributed by atoms with E-state index in [1.165, 1.54) is 0 Å². The highest BCUT2D eigenvalue weighted by molar-refractivity contribution is 7.89. The highest BCUT2D eigenvalue weighted by Crippen LogP contribution is 2.17. The number of hydrogen-bond donors (Lipinski definition) is 0. The van der Waals surface area contributed by atoms with Gasteiger partial charge in [-0.25, -0.2) is 17.2 Å². The smallest absolute Gasteiger partial charge is 0.276 e. The van der Waals surface area contributed by atoms with Gasteiger partial charge in [-0.05, 0) is 12.1 Å². The van der Waals surface area contributed by atoms with Gasteiger partial charge in [0.25, 0.3) is 16.4 Å². The predicted octanol–water partition coefficient (Wildman–Crippen LogP) is 0.978. The second kappa shape index (κ2) is 4.71. The van der Waals surface area contributed by atoms with Crippen LogP contribution < -0.4 is 0 Å². The van der Waals surface area contributed by atoms with Gasteiger partial charge in [-0.1, -0.05) is 0 Å². The lowest BCUT2D eigenvalue weighted by molar-refractivity contribution is 0.109. The number of aldehydes is 1. The van der Waals surface area contributed by atoms with Gasteiger partial charge in [-0.3, -0.25) is 4.79 Å². The molecular weight excluding hydrogens is 244 g/mol. The average molecular weight is 253 g/mol. The van der Waals surface area contributed by atoms with Crippen LogP contribution in [0.5, 0.6) is 0 Å². The first-order valence-electron chi connectivity index (χ1n) is 4.17. The minimum Gasteiger partial charge on any atom is -0.440 e. The maximum Gasteiger partial charge on any atom is 0.276 e. The van der Waals surface area contributed by atoms with Crippen molar-refractivity contribution in [2.24, 2.45) is 0 Å². The quantitative estimate of drug-likeness (QED) is 0.733. The zero-order chi connectivity index (χ0) is 12.3. The summed E-state index contributed by atoms with van der Waals surface area (Å²) >= 11 is 0. The Morgan fingerprint density at radius 2 is 2.12 bits per heavy atom. The molecule has 0 aliphatic rings. The van der Waals surface area contributed by atoms with Gasteiger partial charge < -0.3 is 4.42 Å². The maximum atomic E-state index is 12.0. The third-order valence-electron chi connectivity index (χ3n) is 1.78. The van der Waals surface area contributed by atoms with Crippen molar-refractivity contribution < 1.29 is 26.4 Å². The van der Waals surface area contributed by atoms with Crippen LogP contribution in [0.25, 0.3) is 0 Å². The Morgan fingerprint density at radius 3 is 2.56 bits per heavy atom. The molecule has 0 radical (unpaired) electrons. The van der Waals surface area contributed by atoms with Gasteiger partial charge in [0.05, 0.1) is 6.54 Å². The lowest BCUT2D eigenvalue weighted by Crippen LogP contribution is -2.31. The van der Waals surface area contributed by atoms with E-state index >= 15 is 0 Å². The fourth-order valence-corrected chi connectivity index (χ4v) is 2.04. The van der Waals surface area contributed by atoms with E-state index in [0.29, 0.717) is 10.6 Å². The fourth-order valence-electron chi connectivity index (χ4n) is 0.982. The van der Waals surface area contributed by atoms with Crippen molar-refractivity contribution in [3.63, 3.8) is 0 Å². The van der Waals surface area contributed by atoms with Crippen LogP contribution in [0.3, 0.4) is 0 Å². The van der Waals surface area contributed by atoms with E-state index in [4.69, 9.17) is 0 Å². The van der Waals surface area contributed by atoms with E-state index in [2.05, 4.69) is 4.42 Å². The van der Waals surface area contributed by atoms with Crippen molar-refractivity contribution in [3.8, 4) is 0 Å². The molecule has 1 aromatic rings. The minimum absolute atomic E-state index is 0.177. The number of furan rings is 1. The molecule has 90 valence electrons. The Kier molecular flexibility index (Phi) is 3.76. The van der Waals surface area contributed by atoms with E-state index in [9.17, 15) is 22.0 Å². The standard InChI is InChI=1S/C8H9F2NO4S/c1-11(4-7(9)10)16(13,14)8-3-2-6(5-12)15-8/h2-3,5,7H,4H2,1H3. The van der Waals surface area contributed by atoms with Crippen molar-refractivity contribution in [1.29, 1.82) is 0 Å². The van der Waals surface area contributed by atoms with E-state index in [1.54, 1.807) is 0 Å². The van der Waals surface area contributed by atoms with Crippen molar-refractivity contribution in [3.05, 3.63) is 17.9 Å². The summed E-state index contributed by atoms with van der Waals surface area (Å²) in [6.07, 6.45) is -2.45. The monoisotopic (exact) mass is 253 g/mol. The number of alkyl halides is 2. The summed E-state index contributed by atoms with van der Waals surface area (Å²) in [6, 6.07) is 2.19. The van der Waals surface area contributed by atoms with Crippen LogP contribution in [0.4, 0.5) is 8.78 Å². The molecule has 16 heavy (non-hydrogen) atoms. The Balaban J connectivity index is 2.97. The molecule has 1 heterocycles. The molecule has 0 saturated carbocycles. The molecular formula is C8H9F2NO4S. The van der Waals surface area contributed by atoms with E-state index in [1.807, 2.05) is 0 Å². The largest absolute Gasteiger partial charge is 0.440 e. The number of sulfonamides is 1.